The number of anilines is 2. The normalized spacial score (nSPS) is 11.5. The number of rotatable bonds is 11. The maximum absolute atomic E-state index is 13.2. The van der Waals surface area contributed by atoms with Crippen molar-refractivity contribution < 1.29 is 27.4 Å². The monoisotopic (exact) mass is 522 g/mol. The molecule has 2 heterocycles. The molecular weight excluding hydrogens is 493 g/mol. The van der Waals surface area contributed by atoms with Crippen molar-refractivity contribution in [1.29, 1.82) is 0 Å². The molecule has 0 aliphatic heterocycles. The molecule has 13 heteroatoms. The van der Waals surface area contributed by atoms with Gasteiger partial charge in [-0.05, 0) is 18.2 Å². The van der Waals surface area contributed by atoms with Crippen LogP contribution in [0.25, 0.3) is 11.1 Å². The number of carbonyl (C=O) groups is 1. The molecule has 1 aromatic carbocycles. The van der Waals surface area contributed by atoms with E-state index in [9.17, 15) is 22.8 Å². The highest BCUT2D eigenvalue weighted by molar-refractivity contribution is 5.90. The predicted molar refractivity (Wildman–Crippen MR) is 133 cm³/mol. The number of methoxy groups -OCH3 is 1. The Morgan fingerprint density at radius 3 is 2.59 bits per heavy atom. The number of aryl methyl sites for hydroxylation is 2. The van der Waals surface area contributed by atoms with Gasteiger partial charge in [0.25, 0.3) is 5.56 Å². The summed E-state index contributed by atoms with van der Waals surface area (Å²) in [5.74, 6) is -0.446. The summed E-state index contributed by atoms with van der Waals surface area (Å²) in [5.41, 5.74) is 7.20. The Morgan fingerprint density at radius 2 is 1.92 bits per heavy atom. The lowest BCUT2D eigenvalue weighted by Gasteiger charge is -2.24. The van der Waals surface area contributed by atoms with Crippen molar-refractivity contribution in [3.05, 3.63) is 58.6 Å². The van der Waals surface area contributed by atoms with Gasteiger partial charge >= 0.3 is 12.1 Å². The largest absolute Gasteiger partial charge is 0.476 e. The van der Waals surface area contributed by atoms with E-state index in [0.717, 1.165) is 0 Å². The van der Waals surface area contributed by atoms with Gasteiger partial charge in [0.2, 0.25) is 5.88 Å². The topological polar surface area (TPSA) is 117 Å². The smallest absolute Gasteiger partial charge is 0.401 e. The number of aromatic nitrogens is 3. The minimum absolute atomic E-state index is 0.0453. The number of para-hydroxylation sites is 2. The molecule has 0 atom stereocenters. The summed E-state index contributed by atoms with van der Waals surface area (Å²) in [4.78, 5) is 26.0. The summed E-state index contributed by atoms with van der Waals surface area (Å²) in [6.45, 7) is -0.958. The first-order valence-corrected chi connectivity index (χ1v) is 11.3. The second-order valence-corrected chi connectivity index (χ2v) is 8.29. The number of nitrogens with zero attached hydrogens (tertiary/aromatic N) is 4. The summed E-state index contributed by atoms with van der Waals surface area (Å²) in [6.07, 6.45) is -1.65. The second kappa shape index (κ2) is 11.8. The number of ether oxygens (including phenoxy) is 2. The molecule has 0 amide bonds. The molecule has 37 heavy (non-hydrogen) atoms. The summed E-state index contributed by atoms with van der Waals surface area (Å²) < 4.78 is 52.7. The number of hydrogen-bond acceptors (Lipinski definition) is 8. The highest BCUT2D eigenvalue weighted by atomic mass is 19.4. The molecule has 0 saturated heterocycles. The van der Waals surface area contributed by atoms with Gasteiger partial charge in [-0.1, -0.05) is 12.1 Å². The van der Waals surface area contributed by atoms with Crippen LogP contribution in [0.4, 0.5) is 24.5 Å². The molecule has 3 rings (SSSR count). The highest BCUT2D eigenvalue weighted by Crippen LogP contribution is 2.28. The molecule has 200 valence electrons. The first-order valence-electron chi connectivity index (χ1n) is 11.3. The number of nitrogen functional groups attached to an aromatic ring is 1. The number of nitrogens with two attached hydrogens (primary N) is 1. The molecule has 0 aliphatic rings. The SMILES string of the molecule is COC(=O)c1cc(-c2cnn(C)c2OCCN(CCNc2ccccc2N)CC(F)(F)F)c(=O)n(C)c1. The number of pyridine rings is 1. The first kappa shape index (κ1) is 27.6. The highest BCUT2D eigenvalue weighted by Gasteiger charge is 2.30. The van der Waals surface area contributed by atoms with Gasteiger partial charge in [0.1, 0.15) is 6.61 Å². The van der Waals surface area contributed by atoms with E-state index in [1.165, 1.54) is 46.8 Å². The third-order valence-corrected chi connectivity index (χ3v) is 5.53. The summed E-state index contributed by atoms with van der Waals surface area (Å²) in [6, 6.07) is 8.36. The Balaban J connectivity index is 1.72. The van der Waals surface area contributed by atoms with Crippen LogP contribution in [0.3, 0.4) is 0 Å². The molecule has 0 fully saturated rings. The van der Waals surface area contributed by atoms with E-state index in [4.69, 9.17) is 15.2 Å². The molecule has 0 unspecified atom stereocenters. The Morgan fingerprint density at radius 1 is 1.19 bits per heavy atom. The minimum Gasteiger partial charge on any atom is -0.476 e. The molecule has 0 spiro atoms. The van der Waals surface area contributed by atoms with Crippen LogP contribution in [-0.4, -0.2) is 71.3 Å². The van der Waals surface area contributed by atoms with Crippen molar-refractivity contribution in [2.75, 3.05) is 50.9 Å². The minimum atomic E-state index is -4.40. The van der Waals surface area contributed by atoms with Gasteiger partial charge in [0.15, 0.2) is 0 Å². The molecule has 3 aromatic rings. The second-order valence-electron chi connectivity index (χ2n) is 8.29. The zero-order chi connectivity index (χ0) is 27.2. The van der Waals surface area contributed by atoms with Gasteiger partial charge in [-0.25, -0.2) is 9.48 Å². The van der Waals surface area contributed by atoms with E-state index in [1.807, 2.05) is 0 Å². The van der Waals surface area contributed by atoms with E-state index in [1.54, 1.807) is 31.3 Å². The fraction of sp³-hybridized carbons (Fsp3) is 0.375. The van der Waals surface area contributed by atoms with Gasteiger partial charge < -0.3 is 25.1 Å². The maximum Gasteiger partial charge on any atom is 0.401 e. The van der Waals surface area contributed by atoms with Gasteiger partial charge in [0, 0.05) is 39.9 Å². The third-order valence-electron chi connectivity index (χ3n) is 5.53. The van der Waals surface area contributed by atoms with Crippen LogP contribution in [0.5, 0.6) is 5.88 Å². The molecule has 2 aromatic heterocycles. The Bertz CT molecular complexity index is 1290. The van der Waals surface area contributed by atoms with Crippen LogP contribution in [0.15, 0.2) is 47.5 Å². The lowest BCUT2D eigenvalue weighted by atomic mass is 10.1. The number of carbonyl (C=O) groups excluding carboxylic acids is 1. The van der Waals surface area contributed by atoms with Gasteiger partial charge in [-0.2, -0.15) is 18.3 Å². The molecule has 0 saturated carbocycles. The zero-order valence-corrected chi connectivity index (χ0v) is 20.7. The van der Waals surface area contributed by atoms with Crippen LogP contribution in [0.1, 0.15) is 10.4 Å². The summed E-state index contributed by atoms with van der Waals surface area (Å²) in [5, 5.41) is 7.16. The molecule has 10 nitrogen and oxygen atoms in total. The molecular formula is C24H29F3N6O4. The number of hydrogen-bond donors (Lipinski definition) is 2. The van der Waals surface area contributed by atoms with Crippen molar-refractivity contribution >= 4 is 17.3 Å². The van der Waals surface area contributed by atoms with Crippen molar-refractivity contribution in [2.45, 2.75) is 6.18 Å². The van der Waals surface area contributed by atoms with Crippen molar-refractivity contribution in [3.8, 4) is 17.0 Å². The molecule has 0 bridgehead atoms. The van der Waals surface area contributed by atoms with E-state index in [0.29, 0.717) is 16.9 Å². The number of alkyl halides is 3. The third kappa shape index (κ3) is 7.26. The van der Waals surface area contributed by atoms with Crippen LogP contribution >= 0.6 is 0 Å². The quantitative estimate of drug-likeness (QED) is 0.292. The van der Waals surface area contributed by atoms with E-state index in [2.05, 4.69) is 10.4 Å². The van der Waals surface area contributed by atoms with Crippen molar-refractivity contribution in [2.24, 2.45) is 14.1 Å². The standard InChI is InChI=1S/C24H29F3N6O4/c1-31-14-16(23(35)36-3)12-17(21(31)34)18-13-30-32(2)22(18)37-11-10-33(15-24(25,26)27)9-8-29-20-7-5-4-6-19(20)28/h4-7,12-14,29H,8-11,15,28H2,1-3H3. The zero-order valence-electron chi connectivity index (χ0n) is 20.7. The average molecular weight is 523 g/mol. The maximum atomic E-state index is 13.2. The predicted octanol–water partition coefficient (Wildman–Crippen LogP) is 2.51. The Kier molecular flexibility index (Phi) is 8.81. The molecule has 0 radical (unpaired) electrons. The summed E-state index contributed by atoms with van der Waals surface area (Å²) >= 11 is 0. The Hall–Kier alpha value is -4.00. The lowest BCUT2D eigenvalue weighted by molar-refractivity contribution is -0.146. The van der Waals surface area contributed by atoms with Crippen LogP contribution in [0, 0.1) is 0 Å². The fourth-order valence-electron chi connectivity index (χ4n) is 3.72. The number of benzene rings is 1. The fourth-order valence-corrected chi connectivity index (χ4v) is 3.72. The van der Waals surface area contributed by atoms with Crippen molar-refractivity contribution in [3.63, 3.8) is 0 Å². The number of nitrogens with one attached hydrogen (secondary N) is 1. The van der Waals surface area contributed by atoms with Gasteiger partial charge in [-0.15, -0.1) is 0 Å². The number of halogens is 3. The van der Waals surface area contributed by atoms with E-state index < -0.39 is 24.2 Å². The number of esters is 1. The molecule has 3 N–H and O–H groups in total. The summed E-state index contributed by atoms with van der Waals surface area (Å²) in [7, 11) is 4.29. The average Bonchev–Trinajstić information content (AvgIpc) is 3.20. The van der Waals surface area contributed by atoms with E-state index in [-0.39, 0.29) is 43.2 Å². The van der Waals surface area contributed by atoms with E-state index >= 15 is 0 Å². The van der Waals surface area contributed by atoms with Crippen molar-refractivity contribution in [1.82, 2.24) is 19.2 Å². The first-order chi connectivity index (χ1) is 17.5. The molecule has 0 aliphatic carbocycles. The van der Waals surface area contributed by atoms with Crippen LogP contribution < -0.4 is 21.3 Å². The Labute approximate surface area is 211 Å². The van der Waals surface area contributed by atoms with Gasteiger partial charge in [-0.3, -0.25) is 9.69 Å². The van der Waals surface area contributed by atoms with Crippen LogP contribution in [-0.2, 0) is 18.8 Å². The lowest BCUT2D eigenvalue weighted by Crippen LogP contribution is -2.39. The van der Waals surface area contributed by atoms with Gasteiger partial charge in [0.05, 0.1) is 47.9 Å². The van der Waals surface area contributed by atoms with Crippen LogP contribution in [0.2, 0.25) is 0 Å².